The third-order valence-corrected chi connectivity index (χ3v) is 3.60. The molecule has 0 saturated carbocycles. The molecule has 0 fully saturated rings. The molecule has 0 unspecified atom stereocenters. The van der Waals surface area contributed by atoms with Crippen LogP contribution in [0.2, 0.25) is 0 Å². The molecule has 18 heavy (non-hydrogen) atoms. The van der Waals surface area contributed by atoms with Crippen molar-refractivity contribution >= 4 is 15.7 Å². The molecule has 0 saturated heterocycles. The van der Waals surface area contributed by atoms with Crippen LogP contribution >= 0.6 is 0 Å². The maximum absolute atomic E-state index is 11.9. The lowest BCUT2D eigenvalue weighted by Crippen LogP contribution is -2.14. The van der Waals surface area contributed by atoms with E-state index in [1.165, 1.54) is 12.3 Å². The zero-order valence-electron chi connectivity index (χ0n) is 9.45. The van der Waals surface area contributed by atoms with Crippen LogP contribution in [0, 0.1) is 0 Å². The quantitative estimate of drug-likeness (QED) is 0.874. The molecule has 94 valence electrons. The molecule has 0 atom stereocenters. The molecule has 0 aliphatic carbocycles. The van der Waals surface area contributed by atoms with E-state index in [1.54, 1.807) is 36.4 Å². The number of aliphatic hydroxyl groups excluding tert-OH is 1. The maximum Gasteiger partial charge on any atom is 0.279 e. The highest BCUT2D eigenvalue weighted by Crippen LogP contribution is 2.14. The van der Waals surface area contributed by atoms with Crippen LogP contribution in [0.5, 0.6) is 0 Å². The fourth-order valence-electron chi connectivity index (χ4n) is 1.39. The van der Waals surface area contributed by atoms with Crippen molar-refractivity contribution in [3.63, 3.8) is 0 Å². The Kier molecular flexibility index (Phi) is 3.59. The Morgan fingerprint density at radius 1 is 1.11 bits per heavy atom. The molecule has 5 nitrogen and oxygen atoms in total. The van der Waals surface area contributed by atoms with Gasteiger partial charge in [0.15, 0.2) is 5.03 Å². The first kappa shape index (κ1) is 12.5. The first-order valence-electron chi connectivity index (χ1n) is 5.25. The molecular weight excluding hydrogens is 252 g/mol. The zero-order valence-corrected chi connectivity index (χ0v) is 10.3. The first-order valence-corrected chi connectivity index (χ1v) is 6.74. The summed E-state index contributed by atoms with van der Waals surface area (Å²) < 4.78 is 26.3. The van der Waals surface area contributed by atoms with E-state index < -0.39 is 10.0 Å². The van der Waals surface area contributed by atoms with E-state index in [9.17, 15) is 8.42 Å². The zero-order chi connectivity index (χ0) is 13.0. The second-order valence-electron chi connectivity index (χ2n) is 3.63. The number of anilines is 1. The van der Waals surface area contributed by atoms with Crippen LogP contribution in [0.3, 0.4) is 0 Å². The van der Waals surface area contributed by atoms with Crippen molar-refractivity contribution in [1.29, 1.82) is 0 Å². The largest absolute Gasteiger partial charge is 0.392 e. The van der Waals surface area contributed by atoms with Crippen LogP contribution in [0.15, 0.2) is 53.7 Å². The van der Waals surface area contributed by atoms with Crippen molar-refractivity contribution in [3.05, 3.63) is 54.2 Å². The minimum Gasteiger partial charge on any atom is -0.392 e. The lowest BCUT2D eigenvalue weighted by Gasteiger charge is -2.07. The van der Waals surface area contributed by atoms with Gasteiger partial charge in [0, 0.05) is 11.9 Å². The highest BCUT2D eigenvalue weighted by Gasteiger charge is 2.14. The molecular formula is C12H12N2O3S. The van der Waals surface area contributed by atoms with Crippen LogP contribution in [-0.2, 0) is 16.6 Å². The Bertz CT molecular complexity index is 610. The third-order valence-electron chi connectivity index (χ3n) is 2.30. The van der Waals surface area contributed by atoms with Gasteiger partial charge < -0.3 is 5.11 Å². The lowest BCUT2D eigenvalue weighted by molar-refractivity contribution is 0.282. The van der Waals surface area contributed by atoms with Gasteiger partial charge in [0.2, 0.25) is 0 Å². The summed E-state index contributed by atoms with van der Waals surface area (Å²) in [6.45, 7) is -0.0761. The van der Waals surface area contributed by atoms with Gasteiger partial charge in [-0.05, 0) is 29.8 Å². The number of sulfonamides is 1. The first-order chi connectivity index (χ1) is 8.62. The minimum atomic E-state index is -3.66. The van der Waals surface area contributed by atoms with E-state index in [0.29, 0.717) is 5.69 Å². The number of nitrogens with one attached hydrogen (secondary N) is 1. The minimum absolute atomic E-state index is 0.0313. The molecule has 0 spiro atoms. The molecule has 0 aliphatic heterocycles. The summed E-state index contributed by atoms with van der Waals surface area (Å²) in [5, 5.41) is 8.86. The Morgan fingerprint density at radius 2 is 1.83 bits per heavy atom. The van der Waals surface area contributed by atoms with E-state index in [2.05, 4.69) is 9.71 Å². The van der Waals surface area contributed by atoms with E-state index >= 15 is 0 Å². The Hall–Kier alpha value is -1.92. The number of pyridine rings is 1. The Balaban J connectivity index is 2.22. The highest BCUT2D eigenvalue weighted by molar-refractivity contribution is 7.92. The molecule has 1 aromatic carbocycles. The van der Waals surface area contributed by atoms with Gasteiger partial charge >= 0.3 is 0 Å². The molecule has 2 rings (SSSR count). The van der Waals surface area contributed by atoms with E-state index in [-0.39, 0.29) is 11.6 Å². The number of hydrogen-bond acceptors (Lipinski definition) is 4. The average molecular weight is 264 g/mol. The highest BCUT2D eigenvalue weighted by atomic mass is 32.2. The standard InChI is InChI=1S/C12H12N2O3S/c15-9-10-4-6-11(7-5-10)14-18(16,17)12-3-1-2-8-13-12/h1-8,14-15H,9H2. The molecule has 1 aromatic heterocycles. The number of nitrogens with zero attached hydrogens (tertiary/aromatic N) is 1. The van der Waals surface area contributed by atoms with Gasteiger partial charge in [0.25, 0.3) is 10.0 Å². The van der Waals surface area contributed by atoms with Crippen molar-refractivity contribution in [1.82, 2.24) is 4.98 Å². The average Bonchev–Trinajstić information content (AvgIpc) is 2.40. The van der Waals surface area contributed by atoms with E-state index in [4.69, 9.17) is 5.11 Å². The van der Waals surface area contributed by atoms with Crippen molar-refractivity contribution < 1.29 is 13.5 Å². The summed E-state index contributed by atoms with van der Waals surface area (Å²) in [7, 11) is -3.66. The van der Waals surface area contributed by atoms with Gasteiger partial charge in [-0.15, -0.1) is 0 Å². The fraction of sp³-hybridized carbons (Fsp3) is 0.0833. The molecule has 0 radical (unpaired) electrons. The maximum atomic E-state index is 11.9. The smallest absolute Gasteiger partial charge is 0.279 e. The number of aliphatic hydroxyl groups is 1. The summed E-state index contributed by atoms with van der Waals surface area (Å²) in [6.07, 6.45) is 1.42. The summed E-state index contributed by atoms with van der Waals surface area (Å²) >= 11 is 0. The molecule has 0 amide bonds. The van der Waals surface area contributed by atoms with Gasteiger partial charge in [-0.2, -0.15) is 8.42 Å². The second-order valence-corrected chi connectivity index (χ2v) is 5.26. The van der Waals surface area contributed by atoms with Gasteiger partial charge in [-0.1, -0.05) is 18.2 Å². The number of aromatic nitrogens is 1. The SMILES string of the molecule is O=S(=O)(Nc1ccc(CO)cc1)c1ccccn1. The van der Waals surface area contributed by atoms with Crippen LogP contribution in [0.4, 0.5) is 5.69 Å². The van der Waals surface area contributed by atoms with Gasteiger partial charge in [0.05, 0.1) is 6.61 Å². The molecule has 2 N–H and O–H groups in total. The van der Waals surface area contributed by atoms with Crippen LogP contribution in [-0.4, -0.2) is 18.5 Å². The van der Waals surface area contributed by atoms with Crippen molar-refractivity contribution in [2.75, 3.05) is 4.72 Å². The number of rotatable bonds is 4. The summed E-state index contributed by atoms with van der Waals surface area (Å²) in [5.74, 6) is 0. The third kappa shape index (κ3) is 2.85. The lowest BCUT2D eigenvalue weighted by atomic mass is 10.2. The Labute approximate surface area is 105 Å². The molecule has 0 bridgehead atoms. The summed E-state index contributed by atoms with van der Waals surface area (Å²) in [5.41, 5.74) is 1.15. The topological polar surface area (TPSA) is 79.3 Å². The molecule has 0 aliphatic rings. The van der Waals surface area contributed by atoms with Crippen LogP contribution in [0.25, 0.3) is 0 Å². The van der Waals surface area contributed by atoms with Crippen molar-refractivity contribution in [2.24, 2.45) is 0 Å². The fourth-order valence-corrected chi connectivity index (χ4v) is 2.40. The number of hydrogen-bond donors (Lipinski definition) is 2. The predicted octanol–water partition coefficient (Wildman–Crippen LogP) is 1.37. The van der Waals surface area contributed by atoms with Crippen LogP contribution in [0.1, 0.15) is 5.56 Å². The Morgan fingerprint density at radius 3 is 2.39 bits per heavy atom. The van der Waals surface area contributed by atoms with Gasteiger partial charge in [-0.25, -0.2) is 4.98 Å². The number of benzene rings is 1. The van der Waals surface area contributed by atoms with Crippen LogP contribution < -0.4 is 4.72 Å². The molecule has 2 aromatic rings. The van der Waals surface area contributed by atoms with Gasteiger partial charge in [-0.3, -0.25) is 4.72 Å². The summed E-state index contributed by atoms with van der Waals surface area (Å²) in [6, 6.07) is 11.2. The second kappa shape index (κ2) is 5.16. The normalized spacial score (nSPS) is 11.2. The van der Waals surface area contributed by atoms with Crippen molar-refractivity contribution in [3.8, 4) is 0 Å². The monoisotopic (exact) mass is 264 g/mol. The predicted molar refractivity (Wildman–Crippen MR) is 67.4 cm³/mol. The summed E-state index contributed by atoms with van der Waals surface area (Å²) in [4.78, 5) is 3.79. The molecule has 6 heteroatoms. The van der Waals surface area contributed by atoms with E-state index in [1.807, 2.05) is 0 Å². The van der Waals surface area contributed by atoms with E-state index in [0.717, 1.165) is 5.56 Å². The molecule has 1 heterocycles. The van der Waals surface area contributed by atoms with Gasteiger partial charge in [0.1, 0.15) is 0 Å². The van der Waals surface area contributed by atoms with Crippen molar-refractivity contribution in [2.45, 2.75) is 11.6 Å².